The summed E-state index contributed by atoms with van der Waals surface area (Å²) in [5.74, 6) is 0. The third-order valence-electron chi connectivity index (χ3n) is 2.04. The van der Waals surface area contributed by atoms with Gasteiger partial charge in [-0.2, -0.15) is 0 Å². The van der Waals surface area contributed by atoms with Crippen molar-refractivity contribution in [2.75, 3.05) is 6.61 Å². The molecule has 2 nitrogen and oxygen atoms in total. The van der Waals surface area contributed by atoms with Crippen molar-refractivity contribution < 1.29 is 4.74 Å². The van der Waals surface area contributed by atoms with Crippen LogP contribution in [0.5, 0.6) is 0 Å². The van der Waals surface area contributed by atoms with Gasteiger partial charge in [-0.05, 0) is 24.1 Å². The fraction of sp³-hybridized carbons (Fsp3) is 0.455. The zero-order valence-electron chi connectivity index (χ0n) is 8.37. The lowest BCUT2D eigenvalue weighted by Crippen LogP contribution is -2.24. The summed E-state index contributed by atoms with van der Waals surface area (Å²) in [5, 5.41) is 0. The van der Waals surface area contributed by atoms with Crippen molar-refractivity contribution in [3.05, 3.63) is 34.3 Å². The summed E-state index contributed by atoms with van der Waals surface area (Å²) in [6.45, 7) is 3.33. The van der Waals surface area contributed by atoms with Crippen molar-refractivity contribution in [1.29, 1.82) is 0 Å². The van der Waals surface area contributed by atoms with Crippen LogP contribution in [0, 0.1) is 0 Å². The minimum Gasteiger partial charge on any atom is -0.375 e. The maximum atomic E-state index is 5.73. The fourth-order valence-electron chi connectivity index (χ4n) is 1.03. The lowest BCUT2D eigenvalue weighted by molar-refractivity contribution is 0.107. The van der Waals surface area contributed by atoms with Crippen molar-refractivity contribution in [1.82, 2.24) is 0 Å². The van der Waals surface area contributed by atoms with Gasteiger partial charge in [0.15, 0.2) is 0 Å². The Kier molecular flexibility index (Phi) is 5.15. The molecule has 0 aliphatic carbocycles. The second-order valence-electron chi connectivity index (χ2n) is 3.31. The zero-order valence-corrected chi connectivity index (χ0v) is 9.96. The Labute approximate surface area is 93.6 Å². The zero-order chi connectivity index (χ0) is 10.4. The van der Waals surface area contributed by atoms with Gasteiger partial charge in [-0.25, -0.2) is 0 Å². The highest BCUT2D eigenvalue weighted by Crippen LogP contribution is 2.11. The van der Waals surface area contributed by atoms with Crippen LogP contribution in [0.25, 0.3) is 0 Å². The van der Waals surface area contributed by atoms with Crippen LogP contribution in [-0.4, -0.2) is 12.6 Å². The first-order chi connectivity index (χ1) is 6.72. The van der Waals surface area contributed by atoms with E-state index in [0.717, 1.165) is 10.9 Å². The Hall–Kier alpha value is -0.380. The molecule has 1 aromatic rings. The Balaban J connectivity index is 2.28. The molecule has 0 aliphatic rings. The van der Waals surface area contributed by atoms with Crippen molar-refractivity contribution >= 4 is 15.9 Å². The number of ether oxygens (including phenoxy) is 1. The topological polar surface area (TPSA) is 35.2 Å². The highest BCUT2D eigenvalue weighted by atomic mass is 79.9. The molecule has 0 amide bonds. The summed E-state index contributed by atoms with van der Waals surface area (Å²) in [4.78, 5) is 0. The van der Waals surface area contributed by atoms with E-state index < -0.39 is 0 Å². The average molecular weight is 258 g/mol. The molecule has 1 rings (SSSR count). The second kappa shape index (κ2) is 6.17. The Bertz CT molecular complexity index is 260. The quantitative estimate of drug-likeness (QED) is 0.881. The van der Waals surface area contributed by atoms with Gasteiger partial charge in [-0.1, -0.05) is 35.0 Å². The molecular formula is C11H16BrNO. The molecule has 14 heavy (non-hydrogen) atoms. The number of nitrogens with two attached hydrogens (primary N) is 1. The van der Waals surface area contributed by atoms with E-state index in [1.54, 1.807) is 0 Å². The first kappa shape index (κ1) is 11.7. The molecule has 3 heteroatoms. The molecule has 1 aromatic carbocycles. The van der Waals surface area contributed by atoms with E-state index in [0.29, 0.717) is 13.2 Å². The first-order valence-corrected chi connectivity index (χ1v) is 5.59. The third-order valence-corrected chi connectivity index (χ3v) is 2.57. The maximum Gasteiger partial charge on any atom is 0.0717 e. The van der Waals surface area contributed by atoms with E-state index in [4.69, 9.17) is 10.5 Å². The lowest BCUT2D eigenvalue weighted by Gasteiger charge is -2.09. The molecule has 2 N–H and O–H groups in total. The molecule has 1 atom stereocenters. The lowest BCUT2D eigenvalue weighted by atomic mass is 10.2. The average Bonchev–Trinajstić information content (AvgIpc) is 2.21. The van der Waals surface area contributed by atoms with Gasteiger partial charge in [-0.15, -0.1) is 0 Å². The van der Waals surface area contributed by atoms with E-state index in [-0.39, 0.29) is 6.04 Å². The number of hydrogen-bond acceptors (Lipinski definition) is 2. The molecule has 0 unspecified atom stereocenters. The van der Waals surface area contributed by atoms with Crippen LogP contribution in [0.3, 0.4) is 0 Å². The van der Waals surface area contributed by atoms with Crippen LogP contribution in [0.15, 0.2) is 28.7 Å². The molecule has 0 radical (unpaired) electrons. The number of rotatable bonds is 5. The molecule has 0 aliphatic heterocycles. The summed E-state index contributed by atoms with van der Waals surface area (Å²) in [5.41, 5.74) is 6.91. The molecule has 0 aromatic heterocycles. The summed E-state index contributed by atoms with van der Waals surface area (Å²) >= 11 is 3.39. The number of hydrogen-bond donors (Lipinski definition) is 1. The Morgan fingerprint density at radius 1 is 1.36 bits per heavy atom. The van der Waals surface area contributed by atoms with Crippen LogP contribution in [0.2, 0.25) is 0 Å². The number of benzene rings is 1. The van der Waals surface area contributed by atoms with Crippen LogP contribution in [-0.2, 0) is 11.3 Å². The van der Waals surface area contributed by atoms with Crippen molar-refractivity contribution in [2.45, 2.75) is 26.0 Å². The molecular weight excluding hydrogens is 242 g/mol. The van der Waals surface area contributed by atoms with Gasteiger partial charge >= 0.3 is 0 Å². The van der Waals surface area contributed by atoms with Gasteiger partial charge in [0.25, 0.3) is 0 Å². The van der Waals surface area contributed by atoms with Crippen molar-refractivity contribution in [3.63, 3.8) is 0 Å². The van der Waals surface area contributed by atoms with Gasteiger partial charge in [0.2, 0.25) is 0 Å². The molecule has 0 heterocycles. The largest absolute Gasteiger partial charge is 0.375 e. The predicted molar refractivity (Wildman–Crippen MR) is 62.1 cm³/mol. The molecule has 0 spiro atoms. The van der Waals surface area contributed by atoms with E-state index >= 15 is 0 Å². The summed E-state index contributed by atoms with van der Waals surface area (Å²) < 4.78 is 6.56. The van der Waals surface area contributed by atoms with Crippen LogP contribution in [0.1, 0.15) is 18.9 Å². The minimum atomic E-state index is 0.158. The minimum absolute atomic E-state index is 0.158. The highest BCUT2D eigenvalue weighted by Gasteiger charge is 1.99. The van der Waals surface area contributed by atoms with E-state index in [2.05, 4.69) is 22.9 Å². The normalized spacial score (nSPS) is 12.8. The molecule has 0 bridgehead atoms. The van der Waals surface area contributed by atoms with Crippen molar-refractivity contribution in [3.8, 4) is 0 Å². The predicted octanol–water partition coefficient (Wildman–Crippen LogP) is 2.70. The second-order valence-corrected chi connectivity index (χ2v) is 4.23. The number of halogens is 1. The van der Waals surface area contributed by atoms with E-state index in [1.807, 2.05) is 24.3 Å². The summed E-state index contributed by atoms with van der Waals surface area (Å²) in [6, 6.07) is 8.27. The third kappa shape index (κ3) is 4.22. The van der Waals surface area contributed by atoms with Gasteiger partial charge in [0, 0.05) is 10.5 Å². The molecule has 0 fully saturated rings. The Morgan fingerprint density at radius 3 is 2.57 bits per heavy atom. The fourth-order valence-corrected chi connectivity index (χ4v) is 1.29. The van der Waals surface area contributed by atoms with E-state index in [1.165, 1.54) is 5.56 Å². The maximum absolute atomic E-state index is 5.73. The SMILES string of the molecule is CC[C@H](N)COCc1ccc(Br)cc1. The van der Waals surface area contributed by atoms with E-state index in [9.17, 15) is 0 Å². The van der Waals surface area contributed by atoms with Gasteiger partial charge in [0.1, 0.15) is 0 Å². The highest BCUT2D eigenvalue weighted by molar-refractivity contribution is 9.10. The molecule has 78 valence electrons. The van der Waals surface area contributed by atoms with Gasteiger partial charge in [0.05, 0.1) is 13.2 Å². The first-order valence-electron chi connectivity index (χ1n) is 4.80. The molecule has 0 saturated heterocycles. The van der Waals surface area contributed by atoms with Gasteiger partial charge < -0.3 is 10.5 Å². The van der Waals surface area contributed by atoms with Crippen LogP contribution < -0.4 is 5.73 Å². The molecule has 0 saturated carbocycles. The summed E-state index contributed by atoms with van der Waals surface area (Å²) in [7, 11) is 0. The smallest absolute Gasteiger partial charge is 0.0717 e. The van der Waals surface area contributed by atoms with Gasteiger partial charge in [-0.3, -0.25) is 0 Å². The summed E-state index contributed by atoms with van der Waals surface area (Å²) in [6.07, 6.45) is 0.959. The van der Waals surface area contributed by atoms with Crippen LogP contribution in [0.4, 0.5) is 0 Å². The van der Waals surface area contributed by atoms with Crippen LogP contribution >= 0.6 is 15.9 Å². The van der Waals surface area contributed by atoms with Crippen molar-refractivity contribution in [2.24, 2.45) is 5.73 Å². The Morgan fingerprint density at radius 2 is 2.00 bits per heavy atom. The monoisotopic (exact) mass is 257 g/mol. The standard InChI is InChI=1S/C11H16BrNO/c1-2-11(13)8-14-7-9-3-5-10(12)6-4-9/h3-6,11H,2,7-8,13H2,1H3/t11-/m0/s1.